The van der Waals surface area contributed by atoms with E-state index in [0.717, 1.165) is 5.56 Å². The van der Waals surface area contributed by atoms with Crippen molar-refractivity contribution in [3.05, 3.63) is 60.2 Å². The summed E-state index contributed by atoms with van der Waals surface area (Å²) >= 11 is 0. The lowest BCUT2D eigenvalue weighted by atomic mass is 10.00. The monoisotopic (exact) mass is 421 g/mol. The van der Waals surface area contributed by atoms with Crippen LogP contribution in [0.1, 0.15) is 12.5 Å². The summed E-state index contributed by atoms with van der Waals surface area (Å²) in [4.78, 5) is 15.5. The zero-order valence-electron chi connectivity index (χ0n) is 16.0. The minimum atomic E-state index is -1.42. The van der Waals surface area contributed by atoms with Crippen molar-refractivity contribution in [1.29, 1.82) is 0 Å². The van der Waals surface area contributed by atoms with Crippen LogP contribution in [0.4, 0.5) is 15.0 Å². The van der Waals surface area contributed by atoms with E-state index in [2.05, 4.69) is 10.3 Å². The second kappa shape index (κ2) is 9.82. The molecule has 1 fully saturated rings. The lowest BCUT2D eigenvalue weighted by Gasteiger charge is -2.39. The molecular weight excluding hydrogens is 397 g/mol. The summed E-state index contributed by atoms with van der Waals surface area (Å²) in [6, 6.07) is 15.8. The van der Waals surface area contributed by atoms with Crippen molar-refractivity contribution in [2.24, 2.45) is 0 Å². The van der Waals surface area contributed by atoms with Gasteiger partial charge < -0.3 is 15.8 Å². The Kier molecular flexibility index (Phi) is 7.18. The number of nitrogens with two attached hydrogens (primary N) is 1. The van der Waals surface area contributed by atoms with E-state index in [-0.39, 0.29) is 6.10 Å². The number of hydrogen-bond donors (Lipinski definition) is 2. The first-order valence-corrected chi connectivity index (χ1v) is 10.4. The molecule has 2 aromatic carbocycles. The van der Waals surface area contributed by atoms with E-state index in [4.69, 9.17) is 10.5 Å². The van der Waals surface area contributed by atoms with Crippen LogP contribution in [-0.4, -0.2) is 45.9 Å². The Hall–Kier alpha value is -2.49. The maximum Gasteiger partial charge on any atom is 0.445 e. The second-order valence-electron chi connectivity index (χ2n) is 6.96. The molecule has 1 amide bonds. The number of nitrogens with one attached hydrogen (secondary N) is 1. The van der Waals surface area contributed by atoms with Crippen molar-refractivity contribution in [2.45, 2.75) is 36.5 Å². The highest BCUT2D eigenvalue weighted by molar-refractivity contribution is 7.82. The number of nitrogens with zero attached hydrogens (tertiary/aromatic N) is 1. The average molecular weight is 421 g/mol. The van der Waals surface area contributed by atoms with Crippen LogP contribution in [-0.2, 0) is 27.1 Å². The van der Waals surface area contributed by atoms with E-state index in [9.17, 15) is 13.5 Å². The van der Waals surface area contributed by atoms with Crippen LogP contribution in [0.15, 0.2) is 59.5 Å². The highest BCUT2D eigenvalue weighted by atomic mass is 32.2. The molecule has 0 aliphatic carbocycles. The summed E-state index contributed by atoms with van der Waals surface area (Å²) in [7, 11) is -1.42. The van der Waals surface area contributed by atoms with Gasteiger partial charge in [0.1, 0.15) is 11.0 Å². The summed E-state index contributed by atoms with van der Waals surface area (Å²) < 4.78 is 33.2. The maximum absolute atomic E-state index is 13.0. The molecule has 0 spiro atoms. The predicted molar refractivity (Wildman–Crippen MR) is 108 cm³/mol. The first-order chi connectivity index (χ1) is 14.0. The molecule has 0 saturated carbocycles. The number of carbonyl (C=O) groups excluding carboxylic acids is 1. The van der Waals surface area contributed by atoms with E-state index in [1.54, 1.807) is 28.6 Å². The van der Waals surface area contributed by atoms with Crippen molar-refractivity contribution in [1.82, 2.24) is 9.62 Å². The summed E-state index contributed by atoms with van der Waals surface area (Å²) in [6.45, 7) is 2.62. The van der Waals surface area contributed by atoms with Gasteiger partial charge in [-0.25, -0.2) is 18.3 Å². The molecule has 9 heteroatoms. The van der Waals surface area contributed by atoms with Crippen LogP contribution in [0.25, 0.3) is 0 Å². The molecule has 2 aromatic rings. The number of ether oxygens (including phenoxy) is 1. The quantitative estimate of drug-likeness (QED) is 0.700. The topological polar surface area (TPSA) is 93.9 Å². The standard InChI is InChI=1S/C20H24FN3O4S/c1-14-12-24(29(26)17-9-7-16(22)8-10-17)13-19(27-14)18(23-20(25)28-21)11-15-5-3-2-4-6-15/h2-10,14,18-19H,11-13,22H2,1H3,(H,23,25). The van der Waals surface area contributed by atoms with E-state index in [1.165, 1.54) is 0 Å². The lowest BCUT2D eigenvalue weighted by molar-refractivity contribution is -0.0832. The van der Waals surface area contributed by atoms with Crippen LogP contribution in [0.2, 0.25) is 0 Å². The first-order valence-electron chi connectivity index (χ1n) is 9.27. The highest BCUT2D eigenvalue weighted by Crippen LogP contribution is 2.22. The van der Waals surface area contributed by atoms with Crippen LogP contribution < -0.4 is 11.1 Å². The molecule has 1 heterocycles. The second-order valence-corrected chi connectivity index (χ2v) is 8.44. The summed E-state index contributed by atoms with van der Waals surface area (Å²) in [5.41, 5.74) is 7.25. The minimum Gasteiger partial charge on any atom is -0.399 e. The fourth-order valence-electron chi connectivity index (χ4n) is 3.35. The van der Waals surface area contributed by atoms with Gasteiger partial charge in [0, 0.05) is 23.3 Å². The fourth-order valence-corrected chi connectivity index (χ4v) is 4.65. The third-order valence-electron chi connectivity index (χ3n) is 4.69. The smallest absolute Gasteiger partial charge is 0.399 e. The van der Waals surface area contributed by atoms with Crippen molar-refractivity contribution < 1.29 is 23.2 Å². The number of amides is 1. The zero-order valence-corrected chi connectivity index (χ0v) is 16.8. The van der Waals surface area contributed by atoms with Gasteiger partial charge in [-0.3, -0.25) is 0 Å². The molecule has 29 heavy (non-hydrogen) atoms. The van der Waals surface area contributed by atoms with Crippen LogP contribution in [0.5, 0.6) is 0 Å². The Morgan fingerprint density at radius 3 is 2.62 bits per heavy atom. The van der Waals surface area contributed by atoms with E-state index in [1.807, 2.05) is 37.3 Å². The Morgan fingerprint density at radius 2 is 1.97 bits per heavy atom. The Balaban J connectivity index is 1.78. The number of benzene rings is 2. The number of rotatable bonds is 6. The number of nitrogen functional groups attached to an aromatic ring is 1. The van der Waals surface area contributed by atoms with Crippen molar-refractivity contribution in [3.63, 3.8) is 0 Å². The van der Waals surface area contributed by atoms with Crippen molar-refractivity contribution in [2.75, 3.05) is 18.8 Å². The number of morpholine rings is 1. The molecule has 3 rings (SSSR count). The molecule has 1 aliphatic rings. The largest absolute Gasteiger partial charge is 0.445 e. The maximum atomic E-state index is 13.0. The molecule has 156 valence electrons. The number of hydrogen-bond acceptors (Lipinski definition) is 5. The molecule has 1 aliphatic heterocycles. The third kappa shape index (κ3) is 5.75. The van der Waals surface area contributed by atoms with Gasteiger partial charge in [0.25, 0.3) is 0 Å². The van der Waals surface area contributed by atoms with Crippen molar-refractivity contribution >= 4 is 22.8 Å². The molecular formula is C20H24FN3O4S. The van der Waals surface area contributed by atoms with Gasteiger partial charge in [0.05, 0.1) is 23.1 Å². The highest BCUT2D eigenvalue weighted by Gasteiger charge is 2.35. The summed E-state index contributed by atoms with van der Waals surface area (Å²) in [5.74, 6) is 0. The minimum absolute atomic E-state index is 0.229. The zero-order chi connectivity index (χ0) is 20.8. The van der Waals surface area contributed by atoms with Gasteiger partial charge in [0.15, 0.2) is 0 Å². The summed E-state index contributed by atoms with van der Waals surface area (Å²) in [6.07, 6.45) is -1.50. The Labute approximate surface area is 171 Å². The number of anilines is 1. The normalized spacial score (nSPS) is 21.9. The predicted octanol–water partition coefficient (Wildman–Crippen LogP) is 2.60. The number of carbonyl (C=O) groups is 1. The van der Waals surface area contributed by atoms with E-state index in [0.29, 0.717) is 30.1 Å². The van der Waals surface area contributed by atoms with Gasteiger partial charge in [-0.05, 0) is 43.2 Å². The molecule has 7 nitrogen and oxygen atoms in total. The van der Waals surface area contributed by atoms with Crippen LogP contribution in [0.3, 0.4) is 0 Å². The van der Waals surface area contributed by atoms with Gasteiger partial charge in [-0.15, -0.1) is 0 Å². The third-order valence-corrected chi connectivity index (χ3v) is 6.13. The van der Waals surface area contributed by atoms with E-state index >= 15 is 0 Å². The molecule has 4 unspecified atom stereocenters. The molecule has 0 bridgehead atoms. The fraction of sp³-hybridized carbons (Fsp3) is 0.350. The van der Waals surface area contributed by atoms with Crippen molar-refractivity contribution in [3.8, 4) is 0 Å². The molecule has 1 saturated heterocycles. The lowest BCUT2D eigenvalue weighted by Crippen LogP contribution is -2.56. The Bertz CT molecular complexity index is 837. The number of halogens is 1. The van der Waals surface area contributed by atoms with Crippen LogP contribution >= 0.6 is 0 Å². The van der Waals surface area contributed by atoms with Gasteiger partial charge in [0.2, 0.25) is 0 Å². The molecule has 4 atom stereocenters. The first kappa shape index (κ1) is 21.2. The SMILES string of the molecule is CC1CN(S(=O)c2ccc(N)cc2)CC(C(Cc2ccccc2)NC(=O)OF)O1. The van der Waals surface area contributed by atoms with Gasteiger partial charge in [-0.1, -0.05) is 30.3 Å². The average Bonchev–Trinajstić information content (AvgIpc) is 2.73. The van der Waals surface area contributed by atoms with Gasteiger partial charge in [-0.2, -0.15) is 0 Å². The van der Waals surface area contributed by atoms with Crippen LogP contribution in [0, 0.1) is 0 Å². The summed E-state index contributed by atoms with van der Waals surface area (Å²) in [5, 5.41) is 2.51. The van der Waals surface area contributed by atoms with Gasteiger partial charge >= 0.3 is 6.09 Å². The Morgan fingerprint density at radius 1 is 1.28 bits per heavy atom. The molecule has 0 aromatic heterocycles. The van der Waals surface area contributed by atoms with E-state index < -0.39 is 29.2 Å². The molecule has 0 radical (unpaired) electrons. The molecule has 3 N–H and O–H groups in total.